The Morgan fingerprint density at radius 1 is 1.29 bits per heavy atom. The van der Waals surface area contributed by atoms with Crippen LogP contribution in [0.3, 0.4) is 0 Å². The Morgan fingerprint density at radius 3 is 2.90 bits per heavy atom. The fraction of sp³-hybridized carbons (Fsp3) is 0.562. The fourth-order valence-corrected chi connectivity index (χ4v) is 3.16. The van der Waals surface area contributed by atoms with Gasteiger partial charge in [-0.25, -0.2) is 0 Å². The van der Waals surface area contributed by atoms with Crippen LogP contribution in [0.5, 0.6) is 0 Å². The van der Waals surface area contributed by atoms with Crippen LogP contribution >= 0.6 is 0 Å². The van der Waals surface area contributed by atoms with E-state index in [1.165, 1.54) is 25.9 Å². The first-order valence-corrected chi connectivity index (χ1v) is 7.92. The minimum atomic E-state index is -0.872. The van der Waals surface area contributed by atoms with Gasteiger partial charge in [0.15, 0.2) is 5.78 Å². The number of benzene rings is 1. The van der Waals surface area contributed by atoms with Crippen molar-refractivity contribution in [3.05, 3.63) is 29.3 Å². The fourth-order valence-electron chi connectivity index (χ4n) is 3.16. The number of ketones is 1. The number of hydrogen-bond acceptors (Lipinski definition) is 4. The Hall–Kier alpha value is -1.17. The van der Waals surface area contributed by atoms with E-state index in [1.807, 2.05) is 12.1 Å². The van der Waals surface area contributed by atoms with Gasteiger partial charge in [-0.05, 0) is 56.3 Å². The molecule has 0 radical (unpaired) electrons. The van der Waals surface area contributed by atoms with Crippen LogP contribution in [0.15, 0.2) is 18.2 Å². The highest BCUT2D eigenvalue weighted by Gasteiger charge is 2.27. The predicted octanol–water partition coefficient (Wildman–Crippen LogP) is 1.35. The molecule has 2 aliphatic rings. The van der Waals surface area contributed by atoms with E-state index in [0.29, 0.717) is 18.6 Å². The Labute approximate surface area is 126 Å². The quantitative estimate of drug-likeness (QED) is 0.487. The minimum absolute atomic E-state index is 0.165. The van der Waals surface area contributed by atoms with E-state index >= 15 is 0 Å². The number of likely N-dealkylation sites (tertiary alicyclic amines) is 1. The number of carbonyl (C=O) groups excluding carboxylic acids is 1. The van der Waals surface area contributed by atoms with Gasteiger partial charge in [-0.2, -0.15) is 0 Å². The van der Waals surface area contributed by atoms with Crippen molar-refractivity contribution in [3.8, 4) is 0 Å². The monoisotopic (exact) mass is 287 g/mol. The van der Waals surface area contributed by atoms with Gasteiger partial charge in [0, 0.05) is 12.0 Å². The van der Waals surface area contributed by atoms with E-state index < -0.39 is 7.12 Å². The lowest BCUT2D eigenvalue weighted by Crippen LogP contribution is -2.28. The molecule has 0 amide bonds. The van der Waals surface area contributed by atoms with Crippen molar-refractivity contribution < 1.29 is 14.5 Å². The summed E-state index contributed by atoms with van der Waals surface area (Å²) >= 11 is 0. The zero-order valence-corrected chi connectivity index (χ0v) is 12.4. The topological polar surface area (TPSA) is 49.8 Å². The number of carbonyl (C=O) groups is 1. The summed E-state index contributed by atoms with van der Waals surface area (Å²) in [6.45, 7) is 3.98. The Morgan fingerprint density at radius 2 is 2.10 bits per heavy atom. The molecule has 0 unspecified atom stereocenters. The predicted molar refractivity (Wildman–Crippen MR) is 82.7 cm³/mol. The van der Waals surface area contributed by atoms with E-state index in [9.17, 15) is 9.82 Å². The minimum Gasteiger partial charge on any atom is -0.423 e. The smallest absolute Gasteiger partial charge is 0.423 e. The second-order valence-corrected chi connectivity index (χ2v) is 6.01. The van der Waals surface area contributed by atoms with Gasteiger partial charge in [-0.1, -0.05) is 18.2 Å². The maximum atomic E-state index is 12.2. The lowest BCUT2D eigenvalue weighted by molar-refractivity contribution is 0.0978. The first-order valence-electron chi connectivity index (χ1n) is 7.92. The maximum absolute atomic E-state index is 12.2. The van der Waals surface area contributed by atoms with Gasteiger partial charge >= 0.3 is 7.12 Å². The van der Waals surface area contributed by atoms with Crippen molar-refractivity contribution in [1.29, 1.82) is 0 Å². The molecule has 0 atom stereocenters. The summed E-state index contributed by atoms with van der Waals surface area (Å²) in [5.41, 5.74) is 2.42. The second-order valence-electron chi connectivity index (χ2n) is 6.01. The van der Waals surface area contributed by atoms with Crippen LogP contribution in [0.2, 0.25) is 0 Å². The SMILES string of the molecule is O=C(CCCCN1CCCC1)c1ccc2c(c1)B(O)OC2. The Balaban J connectivity index is 1.48. The molecule has 1 aromatic rings. The summed E-state index contributed by atoms with van der Waals surface area (Å²) in [5.74, 6) is 0.165. The molecule has 0 spiro atoms. The van der Waals surface area contributed by atoms with Gasteiger partial charge in [0.2, 0.25) is 0 Å². The average molecular weight is 287 g/mol. The normalized spacial score (nSPS) is 18.2. The highest BCUT2D eigenvalue weighted by molar-refractivity contribution is 6.61. The van der Waals surface area contributed by atoms with Gasteiger partial charge in [0.25, 0.3) is 0 Å². The molecule has 2 aliphatic heterocycles. The average Bonchev–Trinajstić information content (AvgIpc) is 3.13. The van der Waals surface area contributed by atoms with Crippen LogP contribution in [0.25, 0.3) is 0 Å². The molecule has 1 N–H and O–H groups in total. The highest BCUT2D eigenvalue weighted by Crippen LogP contribution is 2.14. The van der Waals surface area contributed by atoms with Crippen molar-refractivity contribution in [2.45, 2.75) is 38.7 Å². The van der Waals surface area contributed by atoms with Gasteiger partial charge < -0.3 is 14.6 Å². The van der Waals surface area contributed by atoms with Crippen molar-refractivity contribution in [3.63, 3.8) is 0 Å². The molecule has 0 aliphatic carbocycles. The molecule has 0 aromatic heterocycles. The summed E-state index contributed by atoms with van der Waals surface area (Å²) in [6.07, 6.45) is 5.24. The summed E-state index contributed by atoms with van der Waals surface area (Å²) in [4.78, 5) is 14.7. The van der Waals surface area contributed by atoms with E-state index in [-0.39, 0.29) is 5.78 Å². The van der Waals surface area contributed by atoms with Crippen LogP contribution in [0.4, 0.5) is 0 Å². The summed E-state index contributed by atoms with van der Waals surface area (Å²) in [6, 6.07) is 5.53. The number of hydrogen-bond donors (Lipinski definition) is 1. The molecule has 5 heteroatoms. The van der Waals surface area contributed by atoms with Crippen LogP contribution in [-0.4, -0.2) is 42.5 Å². The van der Waals surface area contributed by atoms with E-state index in [0.717, 1.165) is 30.4 Å². The molecular formula is C16H22BNO3. The molecule has 1 fully saturated rings. The number of Topliss-reactive ketones (excluding diaryl/α,β-unsaturated/α-hetero) is 1. The van der Waals surface area contributed by atoms with E-state index in [2.05, 4.69) is 4.90 Å². The van der Waals surface area contributed by atoms with Gasteiger partial charge in [-0.3, -0.25) is 4.79 Å². The third kappa shape index (κ3) is 3.54. The number of nitrogens with zero attached hydrogens (tertiary/aromatic N) is 1. The summed E-state index contributed by atoms with van der Waals surface area (Å²) in [5, 5.41) is 9.68. The van der Waals surface area contributed by atoms with Crippen molar-refractivity contribution in [2.75, 3.05) is 19.6 Å². The van der Waals surface area contributed by atoms with Crippen molar-refractivity contribution in [1.82, 2.24) is 4.90 Å². The largest absolute Gasteiger partial charge is 0.491 e. The molecule has 0 saturated carbocycles. The molecule has 21 heavy (non-hydrogen) atoms. The van der Waals surface area contributed by atoms with Gasteiger partial charge in [0.05, 0.1) is 6.61 Å². The zero-order chi connectivity index (χ0) is 14.7. The highest BCUT2D eigenvalue weighted by atomic mass is 16.5. The molecule has 4 nitrogen and oxygen atoms in total. The zero-order valence-electron chi connectivity index (χ0n) is 12.4. The molecule has 1 saturated heterocycles. The van der Waals surface area contributed by atoms with Crippen LogP contribution in [-0.2, 0) is 11.3 Å². The summed E-state index contributed by atoms with van der Waals surface area (Å²) in [7, 11) is -0.872. The molecule has 1 aromatic carbocycles. The Kier molecular flexibility index (Phi) is 4.73. The van der Waals surface area contributed by atoms with E-state index in [1.54, 1.807) is 6.07 Å². The van der Waals surface area contributed by atoms with Crippen LogP contribution in [0, 0.1) is 0 Å². The first kappa shape index (κ1) is 14.8. The third-order valence-corrected chi connectivity index (χ3v) is 4.46. The van der Waals surface area contributed by atoms with Gasteiger partial charge in [0.1, 0.15) is 0 Å². The van der Waals surface area contributed by atoms with Crippen molar-refractivity contribution in [2.24, 2.45) is 0 Å². The lowest BCUT2D eigenvalue weighted by atomic mass is 9.78. The van der Waals surface area contributed by atoms with E-state index in [4.69, 9.17) is 4.65 Å². The molecule has 112 valence electrons. The number of rotatable bonds is 6. The first-order chi connectivity index (χ1) is 10.2. The molecular weight excluding hydrogens is 265 g/mol. The lowest BCUT2D eigenvalue weighted by Gasteiger charge is -2.13. The third-order valence-electron chi connectivity index (χ3n) is 4.46. The van der Waals surface area contributed by atoms with Crippen LogP contribution in [0.1, 0.15) is 48.0 Å². The van der Waals surface area contributed by atoms with Gasteiger partial charge in [-0.15, -0.1) is 0 Å². The van der Waals surface area contributed by atoms with Crippen molar-refractivity contribution >= 4 is 18.4 Å². The standard InChI is InChI=1S/C16H22BNO3/c19-16(5-1-2-8-18-9-3-4-10-18)13-6-7-14-12-21-17(20)15(14)11-13/h6-7,11,20H,1-5,8-10,12H2. The maximum Gasteiger partial charge on any atom is 0.491 e. The summed E-state index contributed by atoms with van der Waals surface area (Å²) < 4.78 is 5.15. The number of unbranched alkanes of at least 4 members (excludes halogenated alkanes) is 1. The molecule has 3 rings (SSSR count). The second kappa shape index (κ2) is 6.73. The molecule has 0 bridgehead atoms. The Bertz CT molecular complexity index is 514. The van der Waals surface area contributed by atoms with Crippen LogP contribution < -0.4 is 5.46 Å². The molecule has 2 heterocycles. The number of fused-ring (bicyclic) bond motifs is 1.